The zero-order valence-electron chi connectivity index (χ0n) is 13.2. The fourth-order valence-corrected chi connectivity index (χ4v) is 2.20. The van der Waals surface area contributed by atoms with Crippen molar-refractivity contribution in [3.8, 4) is 0 Å². The van der Waals surface area contributed by atoms with Crippen LogP contribution in [-0.4, -0.2) is 22.5 Å². The molecule has 0 aliphatic carbocycles. The minimum atomic E-state index is 0.457. The molecule has 0 atom stereocenters. The summed E-state index contributed by atoms with van der Waals surface area (Å²) in [6.45, 7) is 9.97. The predicted molar refractivity (Wildman–Crippen MR) is 84.7 cm³/mol. The van der Waals surface area contributed by atoms with Gasteiger partial charge in [0.25, 0.3) is 0 Å². The van der Waals surface area contributed by atoms with Gasteiger partial charge in [-0.25, -0.2) is 0 Å². The van der Waals surface area contributed by atoms with E-state index >= 15 is 0 Å². The van der Waals surface area contributed by atoms with Crippen LogP contribution in [0.2, 0.25) is 0 Å². The molecule has 0 fully saturated rings. The van der Waals surface area contributed by atoms with Gasteiger partial charge >= 0.3 is 0 Å². The summed E-state index contributed by atoms with van der Waals surface area (Å²) < 4.78 is 5.61. The smallest absolute Gasteiger partial charge is 0.122 e. The Morgan fingerprint density at radius 1 is 1.24 bits per heavy atom. The SMILES string of the molecule is CCN(Cc1ccccn1)Cc1ccoc1CNC(C)C. The molecule has 2 rings (SSSR count). The highest BCUT2D eigenvalue weighted by Crippen LogP contribution is 2.15. The average molecular weight is 287 g/mol. The summed E-state index contributed by atoms with van der Waals surface area (Å²) in [5.74, 6) is 1.03. The molecule has 2 aromatic rings. The van der Waals surface area contributed by atoms with Crippen LogP contribution in [0.1, 0.15) is 37.8 Å². The first-order valence-electron chi connectivity index (χ1n) is 7.60. The van der Waals surface area contributed by atoms with Crippen LogP contribution >= 0.6 is 0 Å². The second kappa shape index (κ2) is 7.96. The third-order valence-electron chi connectivity index (χ3n) is 3.46. The Bertz CT molecular complexity index is 522. The molecule has 2 aromatic heterocycles. The van der Waals surface area contributed by atoms with Gasteiger partial charge in [0.05, 0.1) is 18.5 Å². The van der Waals surface area contributed by atoms with Crippen LogP contribution in [0.25, 0.3) is 0 Å². The molecule has 4 nitrogen and oxygen atoms in total. The summed E-state index contributed by atoms with van der Waals surface area (Å²) in [5, 5.41) is 3.40. The van der Waals surface area contributed by atoms with Crippen molar-refractivity contribution in [1.82, 2.24) is 15.2 Å². The molecule has 1 N–H and O–H groups in total. The molecule has 114 valence electrons. The number of hydrogen-bond donors (Lipinski definition) is 1. The zero-order valence-corrected chi connectivity index (χ0v) is 13.2. The molecule has 0 aliphatic heterocycles. The van der Waals surface area contributed by atoms with Crippen molar-refractivity contribution in [1.29, 1.82) is 0 Å². The summed E-state index contributed by atoms with van der Waals surface area (Å²) in [4.78, 5) is 6.77. The number of nitrogens with one attached hydrogen (secondary N) is 1. The Balaban J connectivity index is 1.97. The van der Waals surface area contributed by atoms with Crippen LogP contribution in [0, 0.1) is 0 Å². The number of aromatic nitrogens is 1. The molecule has 0 amide bonds. The van der Waals surface area contributed by atoms with Gasteiger partial charge in [-0.1, -0.05) is 26.8 Å². The average Bonchev–Trinajstić information content (AvgIpc) is 2.92. The lowest BCUT2D eigenvalue weighted by Gasteiger charge is -2.20. The first kappa shape index (κ1) is 15.7. The highest BCUT2D eigenvalue weighted by Gasteiger charge is 2.11. The standard InChI is InChI=1S/C17H25N3O/c1-4-20(13-16-7-5-6-9-18-16)12-15-8-10-21-17(15)11-19-14(2)3/h5-10,14,19H,4,11-13H2,1-3H3. The Hall–Kier alpha value is -1.65. The van der Waals surface area contributed by atoms with E-state index in [9.17, 15) is 0 Å². The maximum Gasteiger partial charge on any atom is 0.122 e. The lowest BCUT2D eigenvalue weighted by molar-refractivity contribution is 0.265. The highest BCUT2D eigenvalue weighted by atomic mass is 16.3. The largest absolute Gasteiger partial charge is 0.468 e. The highest BCUT2D eigenvalue weighted by molar-refractivity contribution is 5.17. The molecule has 0 unspecified atom stereocenters. The van der Waals surface area contributed by atoms with Crippen molar-refractivity contribution in [3.63, 3.8) is 0 Å². The third kappa shape index (κ3) is 4.99. The molecule has 0 bridgehead atoms. The van der Waals surface area contributed by atoms with Crippen molar-refractivity contribution >= 4 is 0 Å². The monoisotopic (exact) mass is 287 g/mol. The Morgan fingerprint density at radius 3 is 2.76 bits per heavy atom. The summed E-state index contributed by atoms with van der Waals surface area (Å²) in [6, 6.07) is 8.58. The van der Waals surface area contributed by atoms with E-state index in [-0.39, 0.29) is 0 Å². The van der Waals surface area contributed by atoms with Crippen LogP contribution in [-0.2, 0) is 19.6 Å². The van der Waals surface area contributed by atoms with E-state index in [4.69, 9.17) is 4.42 Å². The van der Waals surface area contributed by atoms with Crippen LogP contribution in [0.15, 0.2) is 41.1 Å². The Morgan fingerprint density at radius 2 is 2.10 bits per heavy atom. The van der Waals surface area contributed by atoms with Gasteiger partial charge in [-0.05, 0) is 24.7 Å². The van der Waals surface area contributed by atoms with E-state index in [1.807, 2.05) is 18.3 Å². The quantitative estimate of drug-likeness (QED) is 0.809. The van der Waals surface area contributed by atoms with Crippen LogP contribution in [0.3, 0.4) is 0 Å². The number of rotatable bonds is 8. The molecule has 0 aromatic carbocycles. The van der Waals surface area contributed by atoms with E-state index in [2.05, 4.69) is 48.1 Å². The lowest BCUT2D eigenvalue weighted by Crippen LogP contribution is -2.25. The Labute approximate surface area is 127 Å². The fourth-order valence-electron chi connectivity index (χ4n) is 2.20. The van der Waals surface area contributed by atoms with Crippen molar-refractivity contribution < 1.29 is 4.42 Å². The van der Waals surface area contributed by atoms with Gasteiger partial charge in [0.1, 0.15) is 5.76 Å². The maximum atomic E-state index is 5.61. The molecule has 0 spiro atoms. The fraction of sp³-hybridized carbons (Fsp3) is 0.471. The summed E-state index contributed by atoms with van der Waals surface area (Å²) >= 11 is 0. The lowest BCUT2D eigenvalue weighted by atomic mass is 10.2. The third-order valence-corrected chi connectivity index (χ3v) is 3.46. The molecule has 0 saturated carbocycles. The van der Waals surface area contributed by atoms with E-state index in [1.54, 1.807) is 6.26 Å². The van der Waals surface area contributed by atoms with Gasteiger partial charge in [0.15, 0.2) is 0 Å². The van der Waals surface area contributed by atoms with Gasteiger partial charge < -0.3 is 9.73 Å². The minimum absolute atomic E-state index is 0.457. The summed E-state index contributed by atoms with van der Waals surface area (Å²) in [6.07, 6.45) is 3.63. The maximum absolute atomic E-state index is 5.61. The molecule has 0 aliphatic rings. The van der Waals surface area contributed by atoms with E-state index < -0.39 is 0 Å². The molecular formula is C17H25N3O. The van der Waals surface area contributed by atoms with E-state index in [0.29, 0.717) is 6.04 Å². The topological polar surface area (TPSA) is 41.3 Å². The van der Waals surface area contributed by atoms with Crippen molar-refractivity contribution in [2.45, 2.75) is 46.4 Å². The summed E-state index contributed by atoms with van der Waals surface area (Å²) in [5.41, 5.74) is 2.35. The predicted octanol–water partition coefficient (Wildman–Crippen LogP) is 3.19. The summed E-state index contributed by atoms with van der Waals surface area (Å²) in [7, 11) is 0. The number of pyridine rings is 1. The van der Waals surface area contributed by atoms with Gasteiger partial charge in [-0.3, -0.25) is 9.88 Å². The van der Waals surface area contributed by atoms with Crippen LogP contribution in [0.5, 0.6) is 0 Å². The first-order chi connectivity index (χ1) is 10.2. The number of nitrogens with zero attached hydrogens (tertiary/aromatic N) is 2. The van der Waals surface area contributed by atoms with E-state index in [1.165, 1.54) is 5.56 Å². The van der Waals surface area contributed by atoms with Gasteiger partial charge in [-0.2, -0.15) is 0 Å². The van der Waals surface area contributed by atoms with Gasteiger partial charge in [0, 0.05) is 30.9 Å². The van der Waals surface area contributed by atoms with E-state index in [0.717, 1.165) is 37.6 Å². The molecule has 21 heavy (non-hydrogen) atoms. The van der Waals surface area contributed by atoms with Crippen molar-refractivity contribution in [2.24, 2.45) is 0 Å². The van der Waals surface area contributed by atoms with Crippen LogP contribution < -0.4 is 5.32 Å². The van der Waals surface area contributed by atoms with Crippen molar-refractivity contribution in [2.75, 3.05) is 6.54 Å². The molecule has 2 heterocycles. The van der Waals surface area contributed by atoms with Crippen LogP contribution in [0.4, 0.5) is 0 Å². The van der Waals surface area contributed by atoms with Crippen molar-refractivity contribution in [3.05, 3.63) is 53.7 Å². The molecule has 0 radical (unpaired) electrons. The minimum Gasteiger partial charge on any atom is -0.468 e. The molecular weight excluding hydrogens is 262 g/mol. The normalized spacial score (nSPS) is 11.5. The number of hydrogen-bond acceptors (Lipinski definition) is 4. The first-order valence-corrected chi connectivity index (χ1v) is 7.60. The second-order valence-corrected chi connectivity index (χ2v) is 5.53. The zero-order chi connectivity index (χ0) is 15.1. The van der Waals surface area contributed by atoms with Gasteiger partial charge in [-0.15, -0.1) is 0 Å². The second-order valence-electron chi connectivity index (χ2n) is 5.53. The number of furan rings is 1. The van der Waals surface area contributed by atoms with Gasteiger partial charge in [0.2, 0.25) is 0 Å². The Kier molecular flexibility index (Phi) is 5.96. The molecule has 4 heteroatoms. The molecule has 0 saturated heterocycles.